The lowest BCUT2D eigenvalue weighted by atomic mass is 10.2. The number of aromatic nitrogens is 3. The van der Waals surface area contributed by atoms with Gasteiger partial charge in [0, 0.05) is 17.5 Å². The van der Waals surface area contributed by atoms with E-state index in [9.17, 15) is 4.79 Å². The van der Waals surface area contributed by atoms with Crippen molar-refractivity contribution in [1.29, 1.82) is 0 Å². The molecule has 24 heavy (non-hydrogen) atoms. The summed E-state index contributed by atoms with van der Waals surface area (Å²) >= 11 is 0. The van der Waals surface area contributed by atoms with Gasteiger partial charge in [0.05, 0.1) is 18.5 Å². The minimum Gasteiger partial charge on any atom is -0.493 e. The third-order valence-electron chi connectivity index (χ3n) is 3.78. The lowest BCUT2D eigenvalue weighted by Gasteiger charge is -2.09. The highest BCUT2D eigenvalue weighted by Crippen LogP contribution is 2.18. The zero-order valence-corrected chi connectivity index (χ0v) is 13.8. The van der Waals surface area contributed by atoms with Crippen LogP contribution in [0.5, 0.6) is 5.75 Å². The maximum Gasteiger partial charge on any atom is 0.224 e. The van der Waals surface area contributed by atoms with Crippen LogP contribution in [0.1, 0.15) is 24.1 Å². The van der Waals surface area contributed by atoms with E-state index in [1.807, 2.05) is 44.2 Å². The van der Waals surface area contributed by atoms with Gasteiger partial charge in [0.1, 0.15) is 5.75 Å². The van der Waals surface area contributed by atoms with Gasteiger partial charge in [-0.25, -0.2) is 4.98 Å². The maximum atomic E-state index is 12.0. The highest BCUT2D eigenvalue weighted by atomic mass is 16.5. The minimum atomic E-state index is -0.0503. The number of pyridine rings is 1. The van der Waals surface area contributed by atoms with Crippen molar-refractivity contribution in [2.75, 3.05) is 11.9 Å². The number of amides is 1. The number of nitrogens with one attached hydrogen (secondary N) is 2. The van der Waals surface area contributed by atoms with Crippen molar-refractivity contribution in [2.45, 2.75) is 26.7 Å². The predicted octanol–water partition coefficient (Wildman–Crippen LogP) is 3.37. The van der Waals surface area contributed by atoms with Crippen LogP contribution in [0.3, 0.4) is 0 Å². The first-order valence-electron chi connectivity index (χ1n) is 7.92. The molecule has 0 radical (unpaired) electrons. The maximum absolute atomic E-state index is 12.0. The van der Waals surface area contributed by atoms with E-state index in [1.165, 1.54) is 0 Å². The van der Waals surface area contributed by atoms with Crippen LogP contribution in [-0.2, 0) is 4.79 Å². The molecule has 2 N–H and O–H groups in total. The van der Waals surface area contributed by atoms with Crippen molar-refractivity contribution in [3.8, 4) is 5.75 Å². The van der Waals surface area contributed by atoms with E-state index in [0.717, 1.165) is 22.4 Å². The van der Waals surface area contributed by atoms with Crippen LogP contribution in [0.25, 0.3) is 11.0 Å². The summed E-state index contributed by atoms with van der Waals surface area (Å²) in [5.74, 6) is 0.814. The Morgan fingerprint density at radius 2 is 2.12 bits per heavy atom. The van der Waals surface area contributed by atoms with Gasteiger partial charge in [0.25, 0.3) is 0 Å². The average Bonchev–Trinajstić information content (AvgIpc) is 2.94. The number of hydrogen-bond donors (Lipinski definition) is 2. The molecule has 0 fully saturated rings. The van der Waals surface area contributed by atoms with Gasteiger partial charge in [-0.3, -0.25) is 9.89 Å². The number of hydrogen-bond acceptors (Lipinski definition) is 4. The fourth-order valence-electron chi connectivity index (χ4n) is 2.44. The third-order valence-corrected chi connectivity index (χ3v) is 3.78. The Bertz CT molecular complexity index is 857. The molecule has 0 unspecified atom stereocenters. The quantitative estimate of drug-likeness (QED) is 0.681. The summed E-state index contributed by atoms with van der Waals surface area (Å²) in [6, 6.07) is 9.73. The fourth-order valence-corrected chi connectivity index (χ4v) is 2.44. The smallest absolute Gasteiger partial charge is 0.224 e. The molecular weight excluding hydrogens is 304 g/mol. The number of H-pyrrole nitrogens is 1. The van der Waals surface area contributed by atoms with Gasteiger partial charge >= 0.3 is 0 Å². The summed E-state index contributed by atoms with van der Waals surface area (Å²) < 4.78 is 5.70. The van der Waals surface area contributed by atoms with E-state index in [0.29, 0.717) is 30.8 Å². The van der Waals surface area contributed by atoms with E-state index in [4.69, 9.17) is 4.74 Å². The third kappa shape index (κ3) is 3.71. The lowest BCUT2D eigenvalue weighted by Crippen LogP contribution is -2.13. The van der Waals surface area contributed by atoms with Crippen LogP contribution in [0.15, 0.2) is 36.5 Å². The molecule has 0 saturated carbocycles. The summed E-state index contributed by atoms with van der Waals surface area (Å²) in [4.78, 5) is 16.3. The Hall–Kier alpha value is -2.89. The first-order valence-corrected chi connectivity index (χ1v) is 7.92. The molecular formula is C18H20N4O2. The van der Waals surface area contributed by atoms with Crippen molar-refractivity contribution < 1.29 is 9.53 Å². The van der Waals surface area contributed by atoms with Gasteiger partial charge in [0.15, 0.2) is 5.65 Å². The number of nitrogens with zero attached hydrogens (tertiary/aromatic N) is 2. The fraction of sp³-hybridized carbons (Fsp3) is 0.278. The number of anilines is 1. The van der Waals surface area contributed by atoms with Crippen LogP contribution in [0, 0.1) is 13.8 Å². The molecule has 0 aliphatic rings. The summed E-state index contributed by atoms with van der Waals surface area (Å²) in [5.41, 5.74) is 3.35. The van der Waals surface area contributed by atoms with Crippen molar-refractivity contribution >= 4 is 22.6 Å². The van der Waals surface area contributed by atoms with Gasteiger partial charge < -0.3 is 10.1 Å². The standard InChI is InChI=1S/C18H20N4O2/c1-12-6-3-4-7-16(12)24-9-5-8-17(23)20-14-10-15-13(2)21-22-18(15)19-11-14/h3-4,6-7,10-11H,5,8-9H2,1-2H3,(H,20,23)(H,19,21,22). The molecule has 3 aromatic rings. The zero-order chi connectivity index (χ0) is 16.9. The Morgan fingerprint density at radius 1 is 1.29 bits per heavy atom. The van der Waals surface area contributed by atoms with Gasteiger partial charge in [-0.2, -0.15) is 5.10 Å². The SMILES string of the molecule is Cc1ccccc1OCCCC(=O)Nc1cnc2n[nH]c(C)c2c1. The normalized spacial score (nSPS) is 10.8. The Morgan fingerprint density at radius 3 is 2.96 bits per heavy atom. The summed E-state index contributed by atoms with van der Waals surface area (Å²) in [7, 11) is 0. The molecule has 3 rings (SSSR count). The van der Waals surface area contributed by atoms with Gasteiger partial charge in [-0.15, -0.1) is 0 Å². The van der Waals surface area contributed by atoms with E-state index < -0.39 is 0 Å². The molecule has 2 aromatic heterocycles. The number of rotatable bonds is 6. The second kappa shape index (κ2) is 7.12. The molecule has 0 saturated heterocycles. The number of fused-ring (bicyclic) bond motifs is 1. The number of aryl methyl sites for hydroxylation is 2. The molecule has 0 bridgehead atoms. The van der Waals surface area contributed by atoms with Crippen LogP contribution >= 0.6 is 0 Å². The highest BCUT2D eigenvalue weighted by molar-refractivity contribution is 5.92. The van der Waals surface area contributed by atoms with E-state index in [1.54, 1.807) is 6.20 Å². The number of aromatic amines is 1. The molecule has 0 spiro atoms. The summed E-state index contributed by atoms with van der Waals surface area (Å²) in [5, 5.41) is 10.7. The first-order chi connectivity index (χ1) is 11.6. The topological polar surface area (TPSA) is 79.9 Å². The molecule has 6 nitrogen and oxygen atoms in total. The predicted molar refractivity (Wildman–Crippen MR) is 93.2 cm³/mol. The zero-order valence-electron chi connectivity index (χ0n) is 13.8. The van der Waals surface area contributed by atoms with E-state index in [-0.39, 0.29) is 5.91 Å². The van der Waals surface area contributed by atoms with Crippen LogP contribution in [-0.4, -0.2) is 27.7 Å². The lowest BCUT2D eigenvalue weighted by molar-refractivity contribution is -0.116. The number of ether oxygens (including phenoxy) is 1. The number of para-hydroxylation sites is 1. The minimum absolute atomic E-state index is 0.0503. The Balaban J connectivity index is 1.48. The van der Waals surface area contributed by atoms with Crippen LogP contribution in [0.2, 0.25) is 0 Å². The van der Waals surface area contributed by atoms with E-state index in [2.05, 4.69) is 20.5 Å². The monoisotopic (exact) mass is 324 g/mol. The van der Waals surface area contributed by atoms with Gasteiger partial charge in [-0.05, 0) is 38.0 Å². The van der Waals surface area contributed by atoms with Crippen LogP contribution < -0.4 is 10.1 Å². The van der Waals surface area contributed by atoms with E-state index >= 15 is 0 Å². The molecule has 2 heterocycles. The second-order valence-electron chi connectivity index (χ2n) is 5.71. The number of benzene rings is 1. The van der Waals surface area contributed by atoms with Crippen molar-refractivity contribution in [3.63, 3.8) is 0 Å². The first kappa shape index (κ1) is 16.0. The largest absolute Gasteiger partial charge is 0.493 e. The molecule has 6 heteroatoms. The molecule has 0 atom stereocenters. The molecule has 0 aliphatic carbocycles. The molecule has 0 aliphatic heterocycles. The number of carbonyl (C=O) groups excluding carboxylic acids is 1. The Kier molecular flexibility index (Phi) is 4.74. The van der Waals surface area contributed by atoms with Crippen molar-refractivity contribution in [3.05, 3.63) is 47.8 Å². The van der Waals surface area contributed by atoms with Crippen LogP contribution in [0.4, 0.5) is 5.69 Å². The molecule has 1 amide bonds. The van der Waals surface area contributed by atoms with Gasteiger partial charge in [-0.1, -0.05) is 18.2 Å². The molecule has 1 aromatic carbocycles. The molecule has 124 valence electrons. The summed E-state index contributed by atoms with van der Waals surface area (Å²) in [6.45, 7) is 4.44. The van der Waals surface area contributed by atoms with Gasteiger partial charge in [0.2, 0.25) is 5.91 Å². The number of carbonyl (C=O) groups is 1. The Labute approximate surface area is 140 Å². The van der Waals surface area contributed by atoms with Crippen molar-refractivity contribution in [1.82, 2.24) is 15.2 Å². The van der Waals surface area contributed by atoms with Crippen molar-refractivity contribution in [2.24, 2.45) is 0 Å². The average molecular weight is 324 g/mol. The highest BCUT2D eigenvalue weighted by Gasteiger charge is 2.07. The second-order valence-corrected chi connectivity index (χ2v) is 5.71. The summed E-state index contributed by atoms with van der Waals surface area (Å²) in [6.07, 6.45) is 2.67.